The molecule has 12 heavy (non-hydrogen) atoms. The van der Waals surface area contributed by atoms with Crippen LogP contribution in [0.25, 0.3) is 0 Å². The van der Waals surface area contributed by atoms with E-state index in [0.717, 1.165) is 24.7 Å². The van der Waals surface area contributed by atoms with Crippen molar-refractivity contribution < 1.29 is 4.52 Å². The molecule has 1 fully saturated rings. The molecular formula is C8H13N3O. The van der Waals surface area contributed by atoms with Crippen LogP contribution < -0.4 is 5.32 Å². The fraction of sp³-hybridized carbons (Fsp3) is 0.750. The van der Waals surface area contributed by atoms with Crippen molar-refractivity contribution >= 4 is 0 Å². The Morgan fingerprint density at radius 2 is 2.42 bits per heavy atom. The number of aryl methyl sites for hydroxylation is 1. The van der Waals surface area contributed by atoms with Gasteiger partial charge in [-0.25, -0.2) is 0 Å². The van der Waals surface area contributed by atoms with E-state index in [9.17, 15) is 0 Å². The van der Waals surface area contributed by atoms with Crippen LogP contribution in [-0.2, 0) is 0 Å². The highest BCUT2D eigenvalue weighted by molar-refractivity contribution is 5.01. The van der Waals surface area contributed by atoms with Crippen molar-refractivity contribution in [1.29, 1.82) is 0 Å². The minimum atomic E-state index is 0.409. The van der Waals surface area contributed by atoms with Gasteiger partial charge in [0.15, 0.2) is 5.82 Å². The maximum Gasteiger partial charge on any atom is 0.231 e. The number of nitrogens with zero attached hydrogens (tertiary/aromatic N) is 2. The van der Waals surface area contributed by atoms with Gasteiger partial charge in [-0.15, -0.1) is 0 Å². The Labute approximate surface area is 71.4 Å². The quantitative estimate of drug-likeness (QED) is 0.673. The fourth-order valence-corrected chi connectivity index (χ4v) is 1.66. The summed E-state index contributed by atoms with van der Waals surface area (Å²) in [6, 6.07) is 0.463. The Morgan fingerprint density at radius 1 is 1.58 bits per heavy atom. The summed E-state index contributed by atoms with van der Waals surface area (Å²) in [5, 5.41) is 7.13. The van der Waals surface area contributed by atoms with Gasteiger partial charge in [0.05, 0.1) is 5.92 Å². The van der Waals surface area contributed by atoms with Crippen molar-refractivity contribution in [2.24, 2.45) is 0 Å². The van der Waals surface area contributed by atoms with Gasteiger partial charge in [0, 0.05) is 6.04 Å². The number of rotatable bonds is 1. The summed E-state index contributed by atoms with van der Waals surface area (Å²) in [6.07, 6.45) is 1.10. The molecule has 0 amide bonds. The first-order valence-corrected chi connectivity index (χ1v) is 4.31. The Bertz CT molecular complexity index is 271. The standard InChI is InChI=1S/C8H13N3O/c1-5-7(3-4-9-5)8-10-6(2)11-12-8/h5,7,9H,3-4H2,1-2H3. The monoisotopic (exact) mass is 167 g/mol. The molecule has 4 nitrogen and oxygen atoms in total. The van der Waals surface area contributed by atoms with Gasteiger partial charge in [0.1, 0.15) is 0 Å². The molecule has 0 spiro atoms. The summed E-state index contributed by atoms with van der Waals surface area (Å²) in [7, 11) is 0. The third kappa shape index (κ3) is 1.22. The molecule has 1 aliphatic heterocycles. The highest BCUT2D eigenvalue weighted by Gasteiger charge is 2.28. The highest BCUT2D eigenvalue weighted by atomic mass is 16.5. The molecule has 0 bridgehead atoms. The molecule has 1 N–H and O–H groups in total. The molecule has 2 heterocycles. The lowest BCUT2D eigenvalue weighted by Crippen LogP contribution is -2.21. The van der Waals surface area contributed by atoms with E-state index >= 15 is 0 Å². The van der Waals surface area contributed by atoms with Gasteiger partial charge in [0.2, 0.25) is 5.89 Å². The van der Waals surface area contributed by atoms with Gasteiger partial charge in [-0.05, 0) is 26.8 Å². The van der Waals surface area contributed by atoms with Crippen LogP contribution in [-0.4, -0.2) is 22.7 Å². The number of aromatic nitrogens is 2. The van der Waals surface area contributed by atoms with Crippen LogP contribution in [0.5, 0.6) is 0 Å². The van der Waals surface area contributed by atoms with E-state index in [1.54, 1.807) is 0 Å². The average molecular weight is 167 g/mol. The molecular weight excluding hydrogens is 154 g/mol. The first-order valence-electron chi connectivity index (χ1n) is 4.31. The van der Waals surface area contributed by atoms with Gasteiger partial charge in [0.25, 0.3) is 0 Å². The van der Waals surface area contributed by atoms with Crippen LogP contribution in [0, 0.1) is 6.92 Å². The molecule has 1 aromatic heterocycles. The van der Waals surface area contributed by atoms with Crippen LogP contribution in [0.2, 0.25) is 0 Å². The number of hydrogen-bond donors (Lipinski definition) is 1. The minimum Gasteiger partial charge on any atom is -0.339 e. The molecule has 0 saturated carbocycles. The van der Waals surface area contributed by atoms with Crippen LogP contribution in [0.1, 0.15) is 31.0 Å². The summed E-state index contributed by atoms with van der Waals surface area (Å²) in [6.45, 7) is 5.05. The molecule has 1 aliphatic rings. The van der Waals surface area contributed by atoms with Crippen LogP contribution >= 0.6 is 0 Å². The van der Waals surface area contributed by atoms with E-state index in [0.29, 0.717) is 12.0 Å². The topological polar surface area (TPSA) is 51.0 Å². The molecule has 2 rings (SSSR count). The van der Waals surface area contributed by atoms with Crippen molar-refractivity contribution in [2.75, 3.05) is 6.54 Å². The zero-order chi connectivity index (χ0) is 8.55. The Morgan fingerprint density at radius 3 is 2.92 bits per heavy atom. The van der Waals surface area contributed by atoms with Gasteiger partial charge in [-0.1, -0.05) is 5.16 Å². The van der Waals surface area contributed by atoms with Gasteiger partial charge < -0.3 is 9.84 Å². The van der Waals surface area contributed by atoms with Crippen molar-refractivity contribution in [2.45, 2.75) is 32.2 Å². The predicted octanol–water partition coefficient (Wildman–Crippen LogP) is 0.843. The Kier molecular flexibility index (Phi) is 1.84. The first-order chi connectivity index (χ1) is 5.77. The van der Waals surface area contributed by atoms with E-state index < -0.39 is 0 Å². The number of hydrogen-bond acceptors (Lipinski definition) is 4. The lowest BCUT2D eigenvalue weighted by atomic mass is 10.0. The molecule has 0 radical (unpaired) electrons. The second kappa shape index (κ2) is 2.86. The molecule has 4 heteroatoms. The zero-order valence-corrected chi connectivity index (χ0v) is 7.37. The normalized spacial score (nSPS) is 29.5. The second-order valence-electron chi connectivity index (χ2n) is 3.32. The fourth-order valence-electron chi connectivity index (χ4n) is 1.66. The minimum absolute atomic E-state index is 0.409. The van der Waals surface area contributed by atoms with Gasteiger partial charge in [-0.3, -0.25) is 0 Å². The molecule has 66 valence electrons. The summed E-state index contributed by atoms with van der Waals surface area (Å²) < 4.78 is 5.12. The van der Waals surface area contributed by atoms with E-state index in [1.165, 1.54) is 0 Å². The second-order valence-corrected chi connectivity index (χ2v) is 3.32. The van der Waals surface area contributed by atoms with Crippen LogP contribution in [0.15, 0.2) is 4.52 Å². The van der Waals surface area contributed by atoms with Crippen LogP contribution in [0.3, 0.4) is 0 Å². The largest absolute Gasteiger partial charge is 0.339 e. The Balaban J connectivity index is 2.19. The lowest BCUT2D eigenvalue weighted by Gasteiger charge is -2.08. The van der Waals surface area contributed by atoms with E-state index in [1.807, 2.05) is 6.92 Å². The third-order valence-electron chi connectivity index (χ3n) is 2.39. The third-order valence-corrected chi connectivity index (χ3v) is 2.39. The average Bonchev–Trinajstić information content (AvgIpc) is 2.58. The molecule has 1 saturated heterocycles. The molecule has 1 aromatic rings. The molecule has 0 aliphatic carbocycles. The van der Waals surface area contributed by atoms with Crippen molar-refractivity contribution in [3.8, 4) is 0 Å². The van der Waals surface area contributed by atoms with Crippen LogP contribution in [0.4, 0.5) is 0 Å². The lowest BCUT2D eigenvalue weighted by molar-refractivity contribution is 0.342. The summed E-state index contributed by atoms with van der Waals surface area (Å²) in [5.41, 5.74) is 0. The summed E-state index contributed by atoms with van der Waals surface area (Å²) in [5.74, 6) is 1.92. The van der Waals surface area contributed by atoms with Crippen molar-refractivity contribution in [3.63, 3.8) is 0 Å². The molecule has 2 unspecified atom stereocenters. The Hall–Kier alpha value is -0.900. The first kappa shape index (κ1) is 7.73. The predicted molar refractivity (Wildman–Crippen MR) is 43.9 cm³/mol. The van der Waals surface area contributed by atoms with Gasteiger partial charge >= 0.3 is 0 Å². The number of nitrogens with one attached hydrogen (secondary N) is 1. The SMILES string of the molecule is Cc1noc(C2CCNC2C)n1. The smallest absolute Gasteiger partial charge is 0.231 e. The highest BCUT2D eigenvalue weighted by Crippen LogP contribution is 2.25. The summed E-state index contributed by atoms with van der Waals surface area (Å²) in [4.78, 5) is 4.23. The zero-order valence-electron chi connectivity index (χ0n) is 7.37. The van der Waals surface area contributed by atoms with E-state index in [4.69, 9.17) is 4.52 Å². The van der Waals surface area contributed by atoms with Gasteiger partial charge in [-0.2, -0.15) is 4.98 Å². The van der Waals surface area contributed by atoms with Crippen molar-refractivity contribution in [3.05, 3.63) is 11.7 Å². The van der Waals surface area contributed by atoms with Crippen molar-refractivity contribution in [1.82, 2.24) is 15.5 Å². The molecule has 0 aromatic carbocycles. The maximum atomic E-state index is 5.12. The maximum absolute atomic E-state index is 5.12. The molecule has 2 atom stereocenters. The van der Waals surface area contributed by atoms with E-state index in [-0.39, 0.29) is 0 Å². The summed E-state index contributed by atoms with van der Waals surface area (Å²) >= 11 is 0. The van der Waals surface area contributed by atoms with E-state index in [2.05, 4.69) is 22.4 Å².